The zero-order valence-electron chi connectivity index (χ0n) is 18.6. The molecule has 0 N–H and O–H groups in total. The molecule has 172 valence electrons. The Balaban J connectivity index is 1.82. The molecule has 1 aliphatic rings. The Labute approximate surface area is 199 Å². The molecule has 2 heterocycles. The molecule has 1 atom stereocenters. The van der Waals surface area contributed by atoms with E-state index in [1.807, 2.05) is 24.3 Å². The van der Waals surface area contributed by atoms with Crippen LogP contribution in [0.1, 0.15) is 34.1 Å². The standard InChI is InChI=1S/C24H23BrN2O6/c1-29-14-8-9-15(21(12-14)31-3)17-13-18(16-6-5-7-19(30-2)23(16)32-4)27(26-17)24(28)20-10-11-22(25)33-20/h5-12,18H,13H2,1-4H3/t18-/m1/s1. The van der Waals surface area contributed by atoms with Crippen molar-refractivity contribution in [3.8, 4) is 23.0 Å². The first kappa shape index (κ1) is 22.7. The first-order valence-electron chi connectivity index (χ1n) is 10.1. The summed E-state index contributed by atoms with van der Waals surface area (Å²) < 4.78 is 28.0. The first-order valence-corrected chi connectivity index (χ1v) is 10.9. The average Bonchev–Trinajstić information content (AvgIpc) is 3.49. The van der Waals surface area contributed by atoms with Crippen molar-refractivity contribution < 1.29 is 28.2 Å². The van der Waals surface area contributed by atoms with E-state index < -0.39 is 6.04 Å². The van der Waals surface area contributed by atoms with Gasteiger partial charge in [0.2, 0.25) is 0 Å². The predicted molar refractivity (Wildman–Crippen MR) is 126 cm³/mol. The highest BCUT2D eigenvalue weighted by Crippen LogP contribution is 2.43. The van der Waals surface area contributed by atoms with Gasteiger partial charge in [-0.1, -0.05) is 12.1 Å². The minimum Gasteiger partial charge on any atom is -0.497 e. The fourth-order valence-electron chi connectivity index (χ4n) is 3.86. The fraction of sp³-hybridized carbons (Fsp3) is 0.250. The maximum Gasteiger partial charge on any atom is 0.310 e. The number of amides is 1. The molecule has 1 amide bonds. The van der Waals surface area contributed by atoms with Crippen molar-refractivity contribution in [3.63, 3.8) is 0 Å². The van der Waals surface area contributed by atoms with E-state index >= 15 is 0 Å². The summed E-state index contributed by atoms with van der Waals surface area (Å²) in [5.74, 6) is 2.16. The quantitative estimate of drug-likeness (QED) is 0.437. The molecule has 0 spiro atoms. The smallest absolute Gasteiger partial charge is 0.310 e. The highest BCUT2D eigenvalue weighted by Gasteiger charge is 2.37. The summed E-state index contributed by atoms with van der Waals surface area (Å²) in [4.78, 5) is 13.4. The van der Waals surface area contributed by atoms with Gasteiger partial charge < -0.3 is 23.4 Å². The summed E-state index contributed by atoms with van der Waals surface area (Å²) in [6.45, 7) is 0. The number of carbonyl (C=O) groups excluding carboxylic acids is 1. The van der Waals surface area contributed by atoms with Gasteiger partial charge in [0.25, 0.3) is 0 Å². The molecule has 0 radical (unpaired) electrons. The maximum absolute atomic E-state index is 13.4. The van der Waals surface area contributed by atoms with Gasteiger partial charge >= 0.3 is 5.91 Å². The van der Waals surface area contributed by atoms with E-state index in [9.17, 15) is 4.79 Å². The molecule has 0 aliphatic carbocycles. The van der Waals surface area contributed by atoms with Gasteiger partial charge in [-0.3, -0.25) is 4.79 Å². The minimum absolute atomic E-state index is 0.167. The van der Waals surface area contributed by atoms with Crippen molar-refractivity contribution in [1.29, 1.82) is 0 Å². The number of hydrogen-bond donors (Lipinski definition) is 0. The van der Waals surface area contributed by atoms with Crippen LogP contribution in [-0.2, 0) is 0 Å². The number of furan rings is 1. The molecule has 0 bridgehead atoms. The van der Waals surface area contributed by atoms with E-state index in [2.05, 4.69) is 15.9 Å². The molecule has 1 aliphatic heterocycles. The Morgan fingerprint density at radius 1 is 1.00 bits per heavy atom. The number of halogens is 1. The number of benzene rings is 2. The van der Waals surface area contributed by atoms with Crippen molar-refractivity contribution in [2.45, 2.75) is 12.5 Å². The lowest BCUT2D eigenvalue weighted by atomic mass is 9.96. The molecule has 4 rings (SSSR count). The molecule has 2 aromatic carbocycles. The highest BCUT2D eigenvalue weighted by atomic mass is 79.9. The molecular formula is C24H23BrN2O6. The molecule has 3 aromatic rings. The molecule has 8 nitrogen and oxygen atoms in total. The van der Waals surface area contributed by atoms with Gasteiger partial charge in [0.15, 0.2) is 21.9 Å². The lowest BCUT2D eigenvalue weighted by molar-refractivity contribution is 0.0675. The van der Waals surface area contributed by atoms with Crippen LogP contribution >= 0.6 is 15.9 Å². The van der Waals surface area contributed by atoms with Crippen LogP contribution in [-0.4, -0.2) is 45.1 Å². The van der Waals surface area contributed by atoms with Crippen LogP contribution in [0.25, 0.3) is 0 Å². The van der Waals surface area contributed by atoms with E-state index in [1.54, 1.807) is 52.7 Å². The van der Waals surface area contributed by atoms with Crippen LogP contribution < -0.4 is 18.9 Å². The summed E-state index contributed by atoms with van der Waals surface area (Å²) in [6, 6.07) is 13.9. The van der Waals surface area contributed by atoms with E-state index in [0.29, 0.717) is 39.8 Å². The third kappa shape index (κ3) is 4.28. The van der Waals surface area contributed by atoms with Crippen LogP contribution in [0.4, 0.5) is 0 Å². The predicted octanol–water partition coefficient (Wildman–Crippen LogP) is 5.07. The molecule has 0 saturated heterocycles. The third-order valence-electron chi connectivity index (χ3n) is 5.41. The van der Waals surface area contributed by atoms with E-state index in [1.165, 1.54) is 5.01 Å². The number of ether oxygens (including phenoxy) is 4. The Bertz CT molecular complexity index is 1210. The van der Waals surface area contributed by atoms with Crippen molar-refractivity contribution >= 4 is 27.5 Å². The number of nitrogens with zero attached hydrogens (tertiary/aromatic N) is 2. The van der Waals surface area contributed by atoms with Crippen molar-refractivity contribution in [1.82, 2.24) is 5.01 Å². The Morgan fingerprint density at radius 3 is 2.42 bits per heavy atom. The summed E-state index contributed by atoms with van der Waals surface area (Å²) in [5.41, 5.74) is 2.21. The molecule has 0 fully saturated rings. The Hall–Kier alpha value is -3.46. The summed E-state index contributed by atoms with van der Waals surface area (Å²) in [5, 5.41) is 6.12. The molecule has 1 aromatic heterocycles. The van der Waals surface area contributed by atoms with Crippen LogP contribution in [0.5, 0.6) is 23.0 Å². The van der Waals surface area contributed by atoms with Crippen molar-refractivity contribution in [2.24, 2.45) is 5.10 Å². The van der Waals surface area contributed by atoms with Gasteiger partial charge in [-0.25, -0.2) is 5.01 Å². The van der Waals surface area contributed by atoms with Crippen molar-refractivity contribution in [3.05, 3.63) is 70.1 Å². The fourth-order valence-corrected chi connectivity index (χ4v) is 4.16. The van der Waals surface area contributed by atoms with Gasteiger partial charge in [-0.05, 0) is 46.3 Å². The second-order valence-corrected chi connectivity index (χ2v) is 7.95. The number of rotatable bonds is 7. The largest absolute Gasteiger partial charge is 0.497 e. The summed E-state index contributed by atoms with van der Waals surface area (Å²) in [7, 11) is 6.32. The SMILES string of the molecule is COc1ccc(C2=NN(C(=O)c3ccc(Br)o3)[C@@H](c3cccc(OC)c3OC)C2)c(OC)c1. The van der Waals surface area contributed by atoms with Gasteiger partial charge in [0.05, 0.1) is 40.2 Å². The van der Waals surface area contributed by atoms with E-state index in [0.717, 1.165) is 11.1 Å². The molecular weight excluding hydrogens is 492 g/mol. The van der Waals surface area contributed by atoms with E-state index in [4.69, 9.17) is 28.5 Å². The molecule has 0 unspecified atom stereocenters. The molecule has 33 heavy (non-hydrogen) atoms. The average molecular weight is 515 g/mol. The second kappa shape index (κ2) is 9.58. The Kier molecular flexibility index (Phi) is 6.60. The summed E-state index contributed by atoms with van der Waals surface area (Å²) in [6.07, 6.45) is 0.430. The third-order valence-corrected chi connectivity index (χ3v) is 5.84. The van der Waals surface area contributed by atoms with Gasteiger partial charge in [-0.2, -0.15) is 5.10 Å². The van der Waals surface area contributed by atoms with Crippen molar-refractivity contribution in [2.75, 3.05) is 28.4 Å². The highest BCUT2D eigenvalue weighted by molar-refractivity contribution is 9.10. The van der Waals surface area contributed by atoms with Crippen LogP contribution in [0.3, 0.4) is 0 Å². The van der Waals surface area contributed by atoms with Gasteiger partial charge in [0.1, 0.15) is 11.5 Å². The normalized spacial score (nSPS) is 15.2. The minimum atomic E-state index is -0.451. The second-order valence-electron chi connectivity index (χ2n) is 7.17. The maximum atomic E-state index is 13.4. The summed E-state index contributed by atoms with van der Waals surface area (Å²) >= 11 is 3.25. The first-order chi connectivity index (χ1) is 16.0. The van der Waals surface area contributed by atoms with Gasteiger partial charge in [0, 0.05) is 23.6 Å². The van der Waals surface area contributed by atoms with E-state index in [-0.39, 0.29) is 11.7 Å². The molecule has 9 heteroatoms. The van der Waals surface area contributed by atoms with Crippen LogP contribution in [0, 0.1) is 0 Å². The Morgan fingerprint density at radius 2 is 1.79 bits per heavy atom. The zero-order chi connectivity index (χ0) is 23.5. The lowest BCUT2D eigenvalue weighted by Crippen LogP contribution is -2.27. The number of hydrazone groups is 1. The number of carbonyl (C=O) groups is 1. The number of methoxy groups -OCH3 is 4. The lowest BCUT2D eigenvalue weighted by Gasteiger charge is -2.23. The topological polar surface area (TPSA) is 82.7 Å². The molecule has 0 saturated carbocycles. The van der Waals surface area contributed by atoms with Crippen LogP contribution in [0.15, 0.2) is 62.7 Å². The monoisotopic (exact) mass is 514 g/mol. The number of hydrogen-bond acceptors (Lipinski definition) is 7. The van der Waals surface area contributed by atoms with Gasteiger partial charge in [-0.15, -0.1) is 0 Å². The van der Waals surface area contributed by atoms with Crippen LogP contribution in [0.2, 0.25) is 0 Å². The zero-order valence-corrected chi connectivity index (χ0v) is 20.2. The number of para-hydroxylation sites is 1.